The molecule has 0 aliphatic heterocycles. The number of aromatic amines is 1. The van der Waals surface area contributed by atoms with E-state index in [2.05, 4.69) is 22.1 Å². The van der Waals surface area contributed by atoms with Gasteiger partial charge in [-0.05, 0) is 42.8 Å². The van der Waals surface area contributed by atoms with Crippen molar-refractivity contribution in [3.63, 3.8) is 0 Å². The van der Waals surface area contributed by atoms with Gasteiger partial charge in [0, 0.05) is 17.1 Å². The van der Waals surface area contributed by atoms with Crippen LogP contribution in [0.15, 0.2) is 54.9 Å². The Kier molecular flexibility index (Phi) is 5.53. The molecule has 1 N–H and O–H groups in total. The van der Waals surface area contributed by atoms with E-state index < -0.39 is 0 Å². The first-order valence-electron chi connectivity index (χ1n) is 9.27. The van der Waals surface area contributed by atoms with Crippen LogP contribution in [0.25, 0.3) is 22.2 Å². The predicted molar refractivity (Wildman–Crippen MR) is 113 cm³/mol. The van der Waals surface area contributed by atoms with Crippen LogP contribution in [0, 0.1) is 0 Å². The maximum atomic E-state index is 6.30. The van der Waals surface area contributed by atoms with E-state index >= 15 is 0 Å². The van der Waals surface area contributed by atoms with Crippen molar-refractivity contribution in [2.45, 2.75) is 13.3 Å². The molecule has 0 fully saturated rings. The minimum Gasteiger partial charge on any atom is -0.495 e. The van der Waals surface area contributed by atoms with E-state index in [4.69, 9.17) is 25.8 Å². The van der Waals surface area contributed by atoms with Crippen molar-refractivity contribution in [1.82, 2.24) is 15.2 Å². The van der Waals surface area contributed by atoms with Gasteiger partial charge >= 0.3 is 0 Å². The van der Waals surface area contributed by atoms with E-state index in [0.717, 1.165) is 28.6 Å². The molecule has 4 aromatic rings. The van der Waals surface area contributed by atoms with Crippen molar-refractivity contribution in [2.75, 3.05) is 13.7 Å². The van der Waals surface area contributed by atoms with Crippen LogP contribution in [0.3, 0.4) is 0 Å². The monoisotopic (exact) mass is 409 g/mol. The van der Waals surface area contributed by atoms with Gasteiger partial charge in [0.1, 0.15) is 33.5 Å². The summed E-state index contributed by atoms with van der Waals surface area (Å²) in [6, 6.07) is 13.0. The van der Waals surface area contributed by atoms with Gasteiger partial charge in [-0.2, -0.15) is 5.10 Å². The molecule has 6 nitrogen and oxygen atoms in total. The van der Waals surface area contributed by atoms with E-state index in [-0.39, 0.29) is 0 Å². The summed E-state index contributed by atoms with van der Waals surface area (Å²) < 4.78 is 16.9. The summed E-state index contributed by atoms with van der Waals surface area (Å²) >= 11 is 6.30. The Balaban J connectivity index is 1.60. The van der Waals surface area contributed by atoms with Gasteiger partial charge in [0.2, 0.25) is 0 Å². The van der Waals surface area contributed by atoms with Gasteiger partial charge in [-0.3, -0.25) is 10.1 Å². The fraction of sp³-hybridized carbons (Fsp3) is 0.182. The van der Waals surface area contributed by atoms with Gasteiger partial charge in [0.05, 0.1) is 19.9 Å². The number of fused-ring (bicyclic) bond motifs is 1. The Hall–Kier alpha value is -3.25. The molecular weight excluding hydrogens is 390 g/mol. The lowest BCUT2D eigenvalue weighted by Crippen LogP contribution is -1.96. The summed E-state index contributed by atoms with van der Waals surface area (Å²) in [5.74, 6) is 2.47. The molecule has 2 aromatic heterocycles. The van der Waals surface area contributed by atoms with Crippen molar-refractivity contribution in [1.29, 1.82) is 0 Å². The van der Waals surface area contributed by atoms with Crippen LogP contribution in [0.4, 0.5) is 0 Å². The van der Waals surface area contributed by atoms with Crippen molar-refractivity contribution < 1.29 is 14.2 Å². The molecule has 0 atom stereocenters. The first kappa shape index (κ1) is 19.1. The highest BCUT2D eigenvalue weighted by atomic mass is 35.5. The number of benzene rings is 2. The summed E-state index contributed by atoms with van der Waals surface area (Å²) in [7, 11) is 1.57. The fourth-order valence-electron chi connectivity index (χ4n) is 2.98. The normalized spacial score (nSPS) is 10.9. The van der Waals surface area contributed by atoms with Crippen molar-refractivity contribution in [3.8, 4) is 34.3 Å². The van der Waals surface area contributed by atoms with Crippen LogP contribution in [0.1, 0.15) is 13.3 Å². The Labute approximate surface area is 173 Å². The number of methoxy groups -OCH3 is 1. The zero-order chi connectivity index (χ0) is 20.2. The second-order valence-electron chi connectivity index (χ2n) is 6.38. The van der Waals surface area contributed by atoms with Gasteiger partial charge in [0.15, 0.2) is 5.75 Å². The molecule has 0 unspecified atom stereocenters. The molecule has 0 saturated heterocycles. The number of nitrogens with one attached hydrogen (secondary N) is 1. The molecule has 148 valence electrons. The van der Waals surface area contributed by atoms with E-state index in [0.29, 0.717) is 34.6 Å². The first-order chi connectivity index (χ1) is 14.2. The minimum absolute atomic E-state index is 0.433. The summed E-state index contributed by atoms with van der Waals surface area (Å²) in [6.45, 7) is 2.70. The fourth-order valence-corrected chi connectivity index (χ4v) is 3.23. The number of ether oxygens (including phenoxy) is 3. The Bertz CT molecular complexity index is 1130. The van der Waals surface area contributed by atoms with Gasteiger partial charge in [0.25, 0.3) is 0 Å². The molecule has 29 heavy (non-hydrogen) atoms. The molecule has 4 rings (SSSR count). The predicted octanol–water partition coefficient (Wildman–Crippen LogP) is 5.87. The molecule has 0 radical (unpaired) electrons. The average molecular weight is 410 g/mol. The Morgan fingerprint density at radius 1 is 1.00 bits per heavy atom. The topological polar surface area (TPSA) is 69.3 Å². The molecule has 7 heteroatoms. The largest absolute Gasteiger partial charge is 0.495 e. The summed E-state index contributed by atoms with van der Waals surface area (Å²) in [5.41, 5.74) is 2.59. The summed E-state index contributed by atoms with van der Waals surface area (Å²) in [5, 5.41) is 8.86. The minimum atomic E-state index is 0.433. The zero-order valence-electron chi connectivity index (χ0n) is 16.1. The van der Waals surface area contributed by atoms with E-state index in [1.165, 1.54) is 0 Å². The number of H-pyrrole nitrogens is 1. The standard InChI is InChI=1S/C22H20ClN3O3/c1-3-11-28-19-13-24-12-16-21(25-26-22(16)19)14-7-9-15(10-8-14)29-18-6-4-5-17(27-2)20(18)23/h4-10,12-13H,3,11H2,1-2H3,(H,25,26). The number of hydrogen-bond donors (Lipinski definition) is 1. The molecular formula is C22H20ClN3O3. The second-order valence-corrected chi connectivity index (χ2v) is 6.76. The molecule has 0 saturated carbocycles. The van der Waals surface area contributed by atoms with Crippen molar-refractivity contribution >= 4 is 22.5 Å². The quantitative estimate of drug-likeness (QED) is 0.413. The second kappa shape index (κ2) is 8.41. The SMILES string of the molecule is CCCOc1cncc2c(-c3ccc(Oc4cccc(OC)c4Cl)cc3)n[nH]c12. The highest BCUT2D eigenvalue weighted by Crippen LogP contribution is 2.37. The lowest BCUT2D eigenvalue weighted by molar-refractivity contribution is 0.319. The summed E-state index contributed by atoms with van der Waals surface area (Å²) in [6.07, 6.45) is 4.41. The van der Waals surface area contributed by atoms with Crippen LogP contribution in [0.2, 0.25) is 5.02 Å². The van der Waals surface area contributed by atoms with Crippen LogP contribution in [0.5, 0.6) is 23.0 Å². The van der Waals surface area contributed by atoms with E-state index in [9.17, 15) is 0 Å². The zero-order valence-corrected chi connectivity index (χ0v) is 16.9. The third kappa shape index (κ3) is 3.84. The van der Waals surface area contributed by atoms with E-state index in [1.54, 1.807) is 31.6 Å². The van der Waals surface area contributed by atoms with Gasteiger partial charge < -0.3 is 14.2 Å². The number of halogens is 1. The molecule has 0 amide bonds. The Morgan fingerprint density at radius 3 is 2.55 bits per heavy atom. The number of aromatic nitrogens is 3. The molecule has 2 aromatic carbocycles. The molecule has 0 aliphatic carbocycles. The van der Waals surface area contributed by atoms with E-state index in [1.807, 2.05) is 30.3 Å². The van der Waals surface area contributed by atoms with Crippen LogP contribution >= 0.6 is 11.6 Å². The van der Waals surface area contributed by atoms with Gasteiger partial charge in [-0.25, -0.2) is 0 Å². The number of rotatable bonds is 7. The average Bonchev–Trinajstić information content (AvgIpc) is 3.19. The van der Waals surface area contributed by atoms with Crippen LogP contribution in [-0.4, -0.2) is 28.9 Å². The maximum absolute atomic E-state index is 6.30. The highest BCUT2D eigenvalue weighted by Gasteiger charge is 2.13. The first-order valence-corrected chi connectivity index (χ1v) is 9.64. The van der Waals surface area contributed by atoms with Crippen molar-refractivity contribution in [2.24, 2.45) is 0 Å². The third-order valence-corrected chi connectivity index (χ3v) is 4.78. The number of nitrogens with zero attached hydrogens (tertiary/aromatic N) is 2. The number of hydrogen-bond acceptors (Lipinski definition) is 5. The van der Waals surface area contributed by atoms with Gasteiger partial charge in [-0.15, -0.1) is 0 Å². The van der Waals surface area contributed by atoms with Crippen molar-refractivity contribution in [3.05, 3.63) is 59.9 Å². The Morgan fingerprint density at radius 2 is 1.79 bits per heavy atom. The lowest BCUT2D eigenvalue weighted by atomic mass is 10.1. The van der Waals surface area contributed by atoms with Crippen LogP contribution < -0.4 is 14.2 Å². The third-order valence-electron chi connectivity index (χ3n) is 4.41. The van der Waals surface area contributed by atoms with Gasteiger partial charge in [-0.1, -0.05) is 24.6 Å². The van der Waals surface area contributed by atoms with Crippen LogP contribution in [-0.2, 0) is 0 Å². The lowest BCUT2D eigenvalue weighted by Gasteiger charge is -2.10. The molecule has 0 aliphatic rings. The smallest absolute Gasteiger partial charge is 0.163 e. The highest BCUT2D eigenvalue weighted by molar-refractivity contribution is 6.33. The molecule has 0 bridgehead atoms. The summed E-state index contributed by atoms with van der Waals surface area (Å²) in [4.78, 5) is 4.29. The number of pyridine rings is 1. The maximum Gasteiger partial charge on any atom is 0.163 e. The molecule has 0 spiro atoms. The molecule has 2 heterocycles.